The molecule has 0 atom stereocenters. The number of thioether (sulfide) groups is 1. The van der Waals surface area contributed by atoms with Crippen molar-refractivity contribution in [3.8, 4) is 0 Å². The average Bonchev–Trinajstić information content (AvgIpc) is 2.61. The molecule has 0 saturated carbocycles. The zero-order chi connectivity index (χ0) is 11.0. The summed E-state index contributed by atoms with van der Waals surface area (Å²) >= 11 is 3.08. The lowest BCUT2D eigenvalue weighted by molar-refractivity contribution is 1.19. The fraction of sp³-hybridized carbons (Fsp3) is 0.200. The molecule has 0 bridgehead atoms. The van der Waals surface area contributed by atoms with Crippen LogP contribution in [0, 0.1) is 0 Å². The van der Waals surface area contributed by atoms with Crippen LogP contribution in [0.2, 0.25) is 0 Å². The van der Waals surface area contributed by atoms with Crippen LogP contribution in [0.15, 0.2) is 21.8 Å². The molecule has 5 heteroatoms. The number of allylic oxidation sites excluding steroid dienone is 1. The molecule has 15 heavy (non-hydrogen) atoms. The lowest BCUT2D eigenvalue weighted by atomic mass is 10.2. The number of hydrogen-bond acceptors (Lipinski definition) is 4. The first-order valence-electron chi connectivity index (χ1n) is 4.35. The van der Waals surface area contributed by atoms with E-state index in [4.69, 9.17) is 0 Å². The zero-order valence-corrected chi connectivity index (χ0v) is 10.1. The van der Waals surface area contributed by atoms with Crippen LogP contribution in [-0.2, 0) is 0 Å². The third-order valence-corrected chi connectivity index (χ3v) is 3.99. The van der Waals surface area contributed by atoms with Crippen molar-refractivity contribution in [3.63, 3.8) is 0 Å². The van der Waals surface area contributed by atoms with Gasteiger partial charge >= 0.3 is 0 Å². The molecule has 0 saturated heterocycles. The minimum atomic E-state index is -0.137. The maximum Gasteiger partial charge on any atom is 0.275 e. The van der Waals surface area contributed by atoms with Crippen molar-refractivity contribution < 1.29 is 0 Å². The minimum absolute atomic E-state index is 0.137. The van der Waals surface area contributed by atoms with Gasteiger partial charge in [0.05, 0.1) is 4.70 Å². The highest BCUT2D eigenvalue weighted by molar-refractivity contribution is 8.00. The Kier molecular flexibility index (Phi) is 2.67. The van der Waals surface area contributed by atoms with Crippen LogP contribution >= 0.6 is 23.1 Å². The zero-order valence-electron chi connectivity index (χ0n) is 8.46. The van der Waals surface area contributed by atoms with Crippen molar-refractivity contribution >= 4 is 38.9 Å². The molecule has 0 fully saturated rings. The van der Waals surface area contributed by atoms with Gasteiger partial charge in [-0.3, -0.25) is 4.79 Å². The normalized spacial score (nSPS) is 10.8. The summed E-state index contributed by atoms with van der Waals surface area (Å²) in [5, 5.41) is 0. The smallest absolute Gasteiger partial charge is 0.275 e. The molecule has 1 N–H and O–H groups in total. The molecule has 2 heterocycles. The summed E-state index contributed by atoms with van der Waals surface area (Å²) in [5.74, 6) is 0. The van der Waals surface area contributed by atoms with E-state index >= 15 is 0 Å². The molecular formula is C10H10N2OS2. The number of aromatic nitrogens is 2. The van der Waals surface area contributed by atoms with Crippen LogP contribution in [0.5, 0.6) is 0 Å². The van der Waals surface area contributed by atoms with Gasteiger partial charge in [0.15, 0.2) is 4.34 Å². The standard InChI is InChI=1S/C10H10N2OS2/c1-5(2)6-4-7-8(9(13)11-6)12-10(14-3)15-7/h4H,1H2,2-3H3,(H,11,13). The molecule has 3 nitrogen and oxygen atoms in total. The number of pyridine rings is 1. The van der Waals surface area contributed by atoms with Crippen molar-refractivity contribution in [3.05, 3.63) is 28.7 Å². The average molecular weight is 238 g/mol. The maximum absolute atomic E-state index is 11.7. The van der Waals surface area contributed by atoms with Crippen LogP contribution in [0.3, 0.4) is 0 Å². The molecular weight excluding hydrogens is 228 g/mol. The Morgan fingerprint density at radius 3 is 3.00 bits per heavy atom. The highest BCUT2D eigenvalue weighted by Gasteiger charge is 2.08. The fourth-order valence-corrected chi connectivity index (χ4v) is 2.76. The van der Waals surface area contributed by atoms with Gasteiger partial charge in [-0.15, -0.1) is 11.3 Å². The minimum Gasteiger partial charge on any atom is -0.320 e. The second-order valence-corrected chi connectivity index (χ2v) is 5.27. The van der Waals surface area contributed by atoms with Crippen molar-refractivity contribution in [2.24, 2.45) is 0 Å². The first-order valence-corrected chi connectivity index (χ1v) is 6.39. The van der Waals surface area contributed by atoms with E-state index in [1.54, 1.807) is 11.8 Å². The molecule has 2 aromatic heterocycles. The summed E-state index contributed by atoms with van der Waals surface area (Å²) in [4.78, 5) is 18.7. The molecule has 0 aromatic carbocycles. The van der Waals surface area contributed by atoms with Gasteiger partial charge in [-0.05, 0) is 24.8 Å². The van der Waals surface area contributed by atoms with Gasteiger partial charge in [-0.1, -0.05) is 18.3 Å². The van der Waals surface area contributed by atoms with Gasteiger partial charge in [0.1, 0.15) is 5.52 Å². The molecule has 2 rings (SSSR count). The number of nitrogens with one attached hydrogen (secondary N) is 1. The van der Waals surface area contributed by atoms with E-state index in [-0.39, 0.29) is 5.56 Å². The number of H-pyrrole nitrogens is 1. The Bertz CT molecular complexity index is 583. The number of fused-ring (bicyclic) bond motifs is 1. The van der Waals surface area contributed by atoms with Gasteiger partial charge in [-0.2, -0.15) is 0 Å². The molecule has 0 spiro atoms. The quantitative estimate of drug-likeness (QED) is 0.818. The van der Waals surface area contributed by atoms with Crippen molar-refractivity contribution in [2.75, 3.05) is 6.26 Å². The second kappa shape index (κ2) is 3.83. The lowest BCUT2D eigenvalue weighted by Crippen LogP contribution is -2.07. The van der Waals surface area contributed by atoms with E-state index in [9.17, 15) is 4.79 Å². The number of thiazole rings is 1. The number of aromatic amines is 1. The summed E-state index contributed by atoms with van der Waals surface area (Å²) in [6.45, 7) is 5.68. The summed E-state index contributed by atoms with van der Waals surface area (Å²) in [6.07, 6.45) is 1.95. The largest absolute Gasteiger partial charge is 0.320 e. The van der Waals surface area contributed by atoms with E-state index in [1.165, 1.54) is 11.3 Å². The Morgan fingerprint density at radius 1 is 1.67 bits per heavy atom. The highest BCUT2D eigenvalue weighted by Crippen LogP contribution is 2.27. The highest BCUT2D eigenvalue weighted by atomic mass is 32.2. The van der Waals surface area contributed by atoms with Crippen LogP contribution in [0.25, 0.3) is 15.8 Å². The van der Waals surface area contributed by atoms with Gasteiger partial charge in [-0.25, -0.2) is 4.98 Å². The third-order valence-electron chi connectivity index (χ3n) is 2.01. The molecule has 0 aliphatic rings. The van der Waals surface area contributed by atoms with E-state index in [0.717, 1.165) is 20.3 Å². The topological polar surface area (TPSA) is 45.8 Å². The molecule has 0 unspecified atom stereocenters. The van der Waals surface area contributed by atoms with Crippen molar-refractivity contribution in [2.45, 2.75) is 11.3 Å². The lowest BCUT2D eigenvalue weighted by Gasteiger charge is -1.97. The molecule has 0 aliphatic heterocycles. The second-order valence-electron chi connectivity index (χ2n) is 3.19. The number of rotatable bonds is 2. The summed E-state index contributed by atoms with van der Waals surface area (Å²) in [5.41, 5.74) is 2.02. The summed E-state index contributed by atoms with van der Waals surface area (Å²) in [6, 6.07) is 1.93. The Hall–Kier alpha value is -1.07. The van der Waals surface area contributed by atoms with Crippen molar-refractivity contribution in [1.82, 2.24) is 9.97 Å². The van der Waals surface area contributed by atoms with Gasteiger partial charge < -0.3 is 4.98 Å². The Labute approximate surface area is 95.2 Å². The van der Waals surface area contributed by atoms with Gasteiger partial charge in [0.2, 0.25) is 0 Å². The third kappa shape index (κ3) is 1.85. The first kappa shape index (κ1) is 10.4. The predicted molar refractivity (Wildman–Crippen MR) is 66.7 cm³/mol. The van der Waals surface area contributed by atoms with Gasteiger partial charge in [0.25, 0.3) is 5.56 Å². The monoisotopic (exact) mass is 238 g/mol. The Morgan fingerprint density at radius 2 is 2.40 bits per heavy atom. The number of nitrogens with zero attached hydrogens (tertiary/aromatic N) is 1. The summed E-state index contributed by atoms with van der Waals surface area (Å²) < 4.78 is 1.83. The molecule has 0 amide bonds. The SMILES string of the molecule is C=C(C)c1cc2sc(SC)nc2c(=O)[nH]1. The fourth-order valence-electron chi connectivity index (χ4n) is 1.24. The molecule has 0 radical (unpaired) electrons. The first-order chi connectivity index (χ1) is 7.11. The van der Waals surface area contributed by atoms with E-state index in [1.807, 2.05) is 19.2 Å². The van der Waals surface area contributed by atoms with Crippen molar-refractivity contribution in [1.29, 1.82) is 0 Å². The van der Waals surface area contributed by atoms with Crippen LogP contribution in [0.4, 0.5) is 0 Å². The summed E-state index contributed by atoms with van der Waals surface area (Å²) in [7, 11) is 0. The van der Waals surface area contributed by atoms with Crippen LogP contribution < -0.4 is 5.56 Å². The van der Waals surface area contributed by atoms with Gasteiger partial charge in [0, 0.05) is 5.69 Å². The number of hydrogen-bond donors (Lipinski definition) is 1. The van der Waals surface area contributed by atoms with Crippen LogP contribution in [-0.4, -0.2) is 16.2 Å². The molecule has 0 aliphatic carbocycles. The van der Waals surface area contributed by atoms with Crippen LogP contribution in [0.1, 0.15) is 12.6 Å². The molecule has 2 aromatic rings. The maximum atomic E-state index is 11.7. The van der Waals surface area contributed by atoms with E-state index in [2.05, 4.69) is 16.5 Å². The Balaban J connectivity index is 2.76. The predicted octanol–water partition coefficient (Wildman–Crippen LogP) is 2.74. The van der Waals surface area contributed by atoms with E-state index < -0.39 is 0 Å². The van der Waals surface area contributed by atoms with E-state index in [0.29, 0.717) is 5.52 Å². The molecule has 78 valence electrons.